The Morgan fingerprint density at radius 3 is 1.76 bits per heavy atom. The summed E-state index contributed by atoms with van der Waals surface area (Å²) in [6, 6.07) is 6.07. The Morgan fingerprint density at radius 1 is 0.616 bits per heavy atom. The maximum absolute atomic E-state index is 14.3. The Bertz CT molecular complexity index is 5840. The van der Waals surface area contributed by atoms with E-state index in [2.05, 4.69) is 31.6 Å². The molecule has 3 aliphatic rings. The van der Waals surface area contributed by atoms with E-state index < -0.39 is 169 Å². The van der Waals surface area contributed by atoms with Gasteiger partial charge in [0, 0.05) is 129 Å². The molecule has 17 N–H and O–H groups in total. The summed E-state index contributed by atoms with van der Waals surface area (Å²) in [6.45, 7) is 6.35. The second-order valence-electron chi connectivity index (χ2n) is 29.7. The fourth-order valence-corrected chi connectivity index (χ4v) is 20.7. The predicted octanol–water partition coefficient (Wildman–Crippen LogP) is 3.35. The van der Waals surface area contributed by atoms with Crippen molar-refractivity contribution in [2.24, 2.45) is 11.5 Å². The summed E-state index contributed by atoms with van der Waals surface area (Å²) in [5.41, 5.74) is 12.7. The lowest BCUT2D eigenvalue weighted by Gasteiger charge is -2.33. The van der Waals surface area contributed by atoms with Crippen molar-refractivity contribution >= 4 is 180 Å². The zero-order chi connectivity index (χ0) is 92.4. The summed E-state index contributed by atoms with van der Waals surface area (Å²) in [6.07, 6.45) is 9.96. The van der Waals surface area contributed by atoms with Crippen LogP contribution in [0.2, 0.25) is 0 Å². The van der Waals surface area contributed by atoms with Gasteiger partial charge in [-0.3, -0.25) is 71.3 Å². The number of fused-ring (bicyclic) bond motifs is 2. The standard InChI is InChI=1S/C76H100N14O27S8/c1-46(86(34-11-37-120(100,101)102)61-26-23-54-56(48(61)3)39-52(122(106,107)108)41-66(54)124(112,113)114)18-20-50(21-19-47(2)87(35-12-38-121(103,104)105)62-27-24-55-57(49(62)4)40-53(123(109,110)111)42-67(55)125(115,116)117)58-25-22-51(44-83-58)70(93)80-30-10-36-118-119-45-60(75(98)99)84-68(91)17-6-28-81-71(94)63-14-8-32-89(63)74(97)65-16-9-33-90(65)73(96)59(13-5-29-82-76(78)79)85-72(95)64-15-7-31-88(64)69(92)43-77/h18-27,39-42,44,59-60,63-65H,5-17,28-38,43,45,77H2,1-4H3,(H14-,78,79,80,81,82,84,85,91,93,94,95,98,99,100,101,102,103,104,105,106,107,108,109,110,111,112,113,114,115,116,117)/p+1/t59-,60-,63-,64?,65-/m0/s1. The topological polar surface area (TPSA) is 648 Å². The number of nitrogens with two attached hydrogens (primary N) is 2. The van der Waals surface area contributed by atoms with E-state index in [9.17, 15) is 121 Å². The second-order valence-corrected chi connectivity index (χ2v) is 41.1. The molecule has 1 aromatic heterocycles. The number of carbonyl (C=O) groups excluding carboxylic acids is 7. The van der Waals surface area contributed by atoms with Gasteiger partial charge in [0.2, 0.25) is 41.1 Å². The summed E-state index contributed by atoms with van der Waals surface area (Å²) in [4.78, 5) is 114. The molecule has 125 heavy (non-hydrogen) atoms. The number of aromatic nitrogens is 1. The number of allylic oxidation sites excluding steroid dienone is 6. The largest absolute Gasteiger partial charge is 0.480 e. The molecule has 0 aliphatic carbocycles. The summed E-state index contributed by atoms with van der Waals surface area (Å²) in [7, 11) is -27.3. The van der Waals surface area contributed by atoms with Gasteiger partial charge in [0.15, 0.2) is 11.7 Å². The fourth-order valence-electron chi connectivity index (χ4n) is 14.8. The van der Waals surface area contributed by atoms with Crippen molar-refractivity contribution in [1.29, 1.82) is 5.41 Å². The average Bonchev–Trinajstić information content (AvgIpc) is 1.45. The van der Waals surface area contributed by atoms with Crippen molar-refractivity contribution in [2.45, 2.75) is 161 Å². The van der Waals surface area contributed by atoms with Crippen LogP contribution < -0.4 is 43.0 Å². The molecule has 0 spiro atoms. The van der Waals surface area contributed by atoms with E-state index in [1.807, 2.05) is 0 Å². The number of rotatable bonds is 43. The number of carbonyl (C=O) groups is 8. The molecule has 3 saturated heterocycles. The molecule has 684 valence electrons. The first-order valence-electron chi connectivity index (χ1n) is 39.2. The highest BCUT2D eigenvalue weighted by atomic mass is 33.1. The second kappa shape index (κ2) is 43.7. The van der Waals surface area contributed by atoms with Gasteiger partial charge < -0.3 is 62.8 Å². The minimum Gasteiger partial charge on any atom is -0.480 e. The lowest BCUT2D eigenvalue weighted by atomic mass is 10.0. The van der Waals surface area contributed by atoms with E-state index in [-0.39, 0.29) is 168 Å². The summed E-state index contributed by atoms with van der Waals surface area (Å²) in [5.74, 6) is -6.40. The molecule has 0 radical (unpaired) electrons. The SMILES string of the molecule is CC(/C=C/C(=C/C=C(\C)N(CCCS(=O)(=O)O)c1ccc2c(S(=O)(=O)O)cc(S(=O)(=O)O)cc2c1C)c1ccc(C(=O)NCCCSSC[C@H](NC(=O)CCCNC(=O)[C@@H]2CCCN2C(=O)[C@@H]2CCCN2C(=O)[C@H](CCCNC(=N)N)NC(=O)C2CCCN2C(=O)CN)C(=O)O)cn1)=[N+](CCCS(=O)(=O)O)c1ccc2c(S(=O)(=O)O)cc(S(=O)(=O)O)cc2c1C. The monoisotopic (exact) mass is 1900 g/mol. The van der Waals surface area contributed by atoms with Crippen molar-refractivity contribution < 1.29 is 126 Å². The smallest absolute Gasteiger partial charge is 0.327 e. The maximum atomic E-state index is 14.3. The third-order valence-electron chi connectivity index (χ3n) is 20.9. The number of pyridine rings is 1. The van der Waals surface area contributed by atoms with Crippen molar-refractivity contribution in [3.8, 4) is 0 Å². The Hall–Kier alpha value is -9.61. The normalized spacial score (nSPS) is 17.0. The molecule has 1 unspecified atom stereocenters. The van der Waals surface area contributed by atoms with Crippen LogP contribution in [0.3, 0.4) is 0 Å². The number of hydrogen-bond acceptors (Lipinski definition) is 26. The minimum absolute atomic E-state index is 0.00406. The van der Waals surface area contributed by atoms with E-state index in [0.717, 1.165) is 22.9 Å². The van der Waals surface area contributed by atoms with Gasteiger partial charge in [-0.2, -0.15) is 55.1 Å². The van der Waals surface area contributed by atoms with Crippen LogP contribution in [0.15, 0.2) is 116 Å². The zero-order valence-electron chi connectivity index (χ0n) is 68.3. The van der Waals surface area contributed by atoms with Crippen molar-refractivity contribution in [2.75, 3.05) is 86.8 Å². The number of amides is 7. The first kappa shape index (κ1) is 101. The number of likely N-dealkylation sites (tertiary alicyclic amines) is 3. The highest BCUT2D eigenvalue weighted by molar-refractivity contribution is 8.76. The van der Waals surface area contributed by atoms with Gasteiger partial charge >= 0.3 is 5.97 Å². The third-order valence-corrected chi connectivity index (χ3v) is 28.5. The lowest BCUT2D eigenvalue weighted by molar-refractivity contribution is -0.440. The zero-order valence-corrected chi connectivity index (χ0v) is 74.9. The van der Waals surface area contributed by atoms with Crippen LogP contribution in [0.4, 0.5) is 11.4 Å². The summed E-state index contributed by atoms with van der Waals surface area (Å²) >= 11 is 0. The van der Waals surface area contributed by atoms with Crippen molar-refractivity contribution in [3.05, 3.63) is 119 Å². The van der Waals surface area contributed by atoms with E-state index >= 15 is 0 Å². The Morgan fingerprint density at radius 2 is 1.18 bits per heavy atom. The highest BCUT2D eigenvalue weighted by Gasteiger charge is 2.45. The molecule has 4 heterocycles. The quantitative estimate of drug-likeness (QED) is 0.00506. The van der Waals surface area contributed by atoms with Crippen molar-refractivity contribution in [3.63, 3.8) is 0 Å². The number of nitrogens with zero attached hydrogens (tertiary/aromatic N) is 6. The van der Waals surface area contributed by atoms with Gasteiger partial charge in [-0.1, -0.05) is 33.7 Å². The molecule has 5 aromatic rings. The van der Waals surface area contributed by atoms with Gasteiger partial charge in [0.1, 0.15) is 46.5 Å². The van der Waals surface area contributed by atoms with Crippen LogP contribution in [0, 0.1) is 19.3 Å². The van der Waals surface area contributed by atoms with Gasteiger partial charge in [-0.15, -0.1) is 0 Å². The number of carboxylic acids is 1. The lowest BCUT2D eigenvalue weighted by Crippen LogP contribution is -2.58. The van der Waals surface area contributed by atoms with Gasteiger partial charge in [0.25, 0.3) is 66.6 Å². The van der Waals surface area contributed by atoms with Crippen molar-refractivity contribution in [1.82, 2.24) is 46.3 Å². The van der Waals surface area contributed by atoms with E-state index in [4.69, 9.17) is 16.9 Å². The van der Waals surface area contributed by atoms with Crippen LogP contribution in [0.5, 0.6) is 0 Å². The fraction of sp³-hybridized carbons (Fsp3) is 0.461. The Labute approximate surface area is 730 Å². The Kier molecular flexibility index (Phi) is 35.3. The molecule has 4 aromatic carbocycles. The van der Waals surface area contributed by atoms with E-state index in [1.165, 1.54) is 116 Å². The van der Waals surface area contributed by atoms with Crippen LogP contribution in [0.25, 0.3) is 27.1 Å². The number of carboxylic acid groups (broad SMARTS) is 1. The van der Waals surface area contributed by atoms with Crippen LogP contribution >= 0.6 is 21.6 Å². The molecule has 3 fully saturated rings. The molecule has 49 heteroatoms. The van der Waals surface area contributed by atoms with E-state index in [1.54, 1.807) is 13.8 Å². The van der Waals surface area contributed by atoms with Crippen LogP contribution in [-0.2, 0) is 94.3 Å². The summed E-state index contributed by atoms with van der Waals surface area (Å²) in [5, 5.41) is 30.5. The highest BCUT2D eigenvalue weighted by Crippen LogP contribution is 2.38. The van der Waals surface area contributed by atoms with E-state index in [0.29, 0.717) is 75.8 Å². The molecule has 41 nitrogen and oxygen atoms in total. The summed E-state index contributed by atoms with van der Waals surface area (Å²) < 4.78 is 210. The third kappa shape index (κ3) is 28.2. The number of hydrogen-bond donors (Lipinski definition) is 15. The number of guanidine groups is 1. The van der Waals surface area contributed by atoms with Gasteiger partial charge in [-0.25, -0.2) is 4.79 Å². The minimum atomic E-state index is -5.15. The van der Waals surface area contributed by atoms with Gasteiger partial charge in [-0.05, 0) is 168 Å². The number of anilines is 1. The molecular formula is C76H101N14O27S8+. The number of aliphatic carboxylic acids is 1. The molecule has 8 rings (SSSR count). The van der Waals surface area contributed by atoms with Crippen LogP contribution in [0.1, 0.15) is 124 Å². The molecule has 0 saturated carbocycles. The average molecular weight is 1900 g/mol. The first-order valence-corrected chi connectivity index (χ1v) is 50.6. The first-order chi connectivity index (χ1) is 58.5. The Balaban J connectivity index is 0.930. The molecule has 0 bridgehead atoms. The van der Waals surface area contributed by atoms with Crippen LogP contribution in [-0.4, -0.2) is 278 Å². The van der Waals surface area contributed by atoms with Gasteiger partial charge in [0.05, 0.1) is 39.1 Å². The molecule has 3 aliphatic heterocycles. The number of nitrogens with one attached hydrogen (secondary N) is 6. The molecular weight excluding hydrogens is 1800 g/mol. The molecule has 7 amide bonds. The molecule has 5 atom stereocenters. The predicted molar refractivity (Wildman–Crippen MR) is 465 cm³/mol. The maximum Gasteiger partial charge on any atom is 0.327 e. The number of benzene rings is 4. The number of aryl methyl sites for hydroxylation is 2.